The van der Waals surface area contributed by atoms with E-state index in [1.165, 1.54) is 11.0 Å². The zero-order chi connectivity index (χ0) is 16.1. The van der Waals surface area contributed by atoms with Crippen molar-refractivity contribution in [1.29, 1.82) is 0 Å². The third-order valence-corrected chi connectivity index (χ3v) is 4.13. The number of tetrazole rings is 1. The molecule has 23 heavy (non-hydrogen) atoms. The number of hydrogen-bond acceptors (Lipinski definition) is 5. The van der Waals surface area contributed by atoms with E-state index >= 15 is 0 Å². The van der Waals surface area contributed by atoms with E-state index in [9.17, 15) is 4.79 Å². The minimum Gasteiger partial charge on any atom is -0.330 e. The highest BCUT2D eigenvalue weighted by atomic mass is 32.1. The molecule has 0 N–H and O–H groups in total. The Morgan fingerprint density at radius 3 is 2.96 bits per heavy atom. The number of benzene rings is 1. The van der Waals surface area contributed by atoms with Crippen molar-refractivity contribution in [1.82, 2.24) is 25.1 Å². The maximum Gasteiger partial charge on any atom is 0.254 e. The molecule has 0 aliphatic carbocycles. The van der Waals surface area contributed by atoms with E-state index in [0.717, 1.165) is 10.6 Å². The summed E-state index contributed by atoms with van der Waals surface area (Å²) in [6.45, 7) is 4.80. The fraction of sp³-hybridized carbons (Fsp3) is 0.125. The quantitative estimate of drug-likeness (QED) is 0.653. The highest BCUT2D eigenvalue weighted by Crippen LogP contribution is 2.16. The molecule has 0 aliphatic heterocycles. The summed E-state index contributed by atoms with van der Waals surface area (Å²) in [5, 5.41) is 13.1. The van der Waals surface area contributed by atoms with Crippen LogP contribution < -0.4 is 0 Å². The van der Waals surface area contributed by atoms with Crippen molar-refractivity contribution in [2.75, 3.05) is 6.54 Å². The number of carbonyl (C=O) groups excluding carboxylic acids is 1. The third-order valence-electron chi connectivity index (χ3n) is 3.27. The van der Waals surface area contributed by atoms with Gasteiger partial charge in [0.05, 0.1) is 12.2 Å². The first kappa shape index (κ1) is 15.1. The van der Waals surface area contributed by atoms with Crippen LogP contribution >= 0.6 is 11.3 Å². The largest absolute Gasteiger partial charge is 0.330 e. The summed E-state index contributed by atoms with van der Waals surface area (Å²) in [6.07, 6.45) is 3.23. The van der Waals surface area contributed by atoms with Gasteiger partial charge in [0.2, 0.25) is 0 Å². The Bertz CT molecular complexity index is 783. The maximum absolute atomic E-state index is 12.8. The Labute approximate surface area is 137 Å². The molecule has 1 amide bonds. The lowest BCUT2D eigenvalue weighted by Crippen LogP contribution is -2.30. The molecule has 2 aromatic heterocycles. The number of carbonyl (C=O) groups is 1. The van der Waals surface area contributed by atoms with Crippen LogP contribution in [0.5, 0.6) is 0 Å². The smallest absolute Gasteiger partial charge is 0.254 e. The fourth-order valence-corrected chi connectivity index (χ4v) is 2.93. The van der Waals surface area contributed by atoms with Gasteiger partial charge < -0.3 is 4.90 Å². The summed E-state index contributed by atoms with van der Waals surface area (Å²) < 4.78 is 1.52. The van der Waals surface area contributed by atoms with E-state index < -0.39 is 0 Å². The van der Waals surface area contributed by atoms with Crippen molar-refractivity contribution < 1.29 is 4.79 Å². The van der Waals surface area contributed by atoms with Crippen LogP contribution in [0.3, 0.4) is 0 Å². The number of rotatable bonds is 6. The van der Waals surface area contributed by atoms with Gasteiger partial charge in [-0.25, -0.2) is 4.68 Å². The highest BCUT2D eigenvalue weighted by molar-refractivity contribution is 7.09. The van der Waals surface area contributed by atoms with Crippen LogP contribution in [0.4, 0.5) is 0 Å². The lowest BCUT2D eigenvalue weighted by Gasteiger charge is -2.20. The second-order valence-corrected chi connectivity index (χ2v) is 5.89. The molecule has 0 saturated heterocycles. The Morgan fingerprint density at radius 2 is 2.26 bits per heavy atom. The summed E-state index contributed by atoms with van der Waals surface area (Å²) in [5.74, 6) is -0.0479. The van der Waals surface area contributed by atoms with Gasteiger partial charge in [-0.1, -0.05) is 18.2 Å². The van der Waals surface area contributed by atoms with Gasteiger partial charge in [0.25, 0.3) is 5.91 Å². The Balaban J connectivity index is 1.85. The first-order valence-electron chi connectivity index (χ1n) is 7.04. The van der Waals surface area contributed by atoms with Crippen LogP contribution in [0.25, 0.3) is 5.69 Å². The molecule has 0 unspecified atom stereocenters. The van der Waals surface area contributed by atoms with Crippen LogP contribution in [0.2, 0.25) is 0 Å². The molecular weight excluding hydrogens is 310 g/mol. The van der Waals surface area contributed by atoms with E-state index in [0.29, 0.717) is 18.7 Å². The maximum atomic E-state index is 12.8. The summed E-state index contributed by atoms with van der Waals surface area (Å²) in [5.41, 5.74) is 1.34. The van der Waals surface area contributed by atoms with E-state index in [1.54, 1.807) is 34.4 Å². The molecular formula is C16H15N5OS. The number of hydrogen-bond donors (Lipinski definition) is 0. The summed E-state index contributed by atoms with van der Waals surface area (Å²) in [6, 6.07) is 11.2. The zero-order valence-corrected chi connectivity index (χ0v) is 13.2. The minimum atomic E-state index is -0.0479. The lowest BCUT2D eigenvalue weighted by molar-refractivity contribution is 0.0764. The molecule has 7 heteroatoms. The molecule has 0 saturated carbocycles. The Morgan fingerprint density at radius 1 is 1.35 bits per heavy atom. The molecule has 3 rings (SSSR count). The van der Waals surface area contributed by atoms with E-state index in [2.05, 4.69) is 22.1 Å². The predicted molar refractivity (Wildman–Crippen MR) is 88.4 cm³/mol. The topological polar surface area (TPSA) is 63.9 Å². The van der Waals surface area contributed by atoms with Crippen LogP contribution in [-0.4, -0.2) is 37.6 Å². The van der Waals surface area contributed by atoms with E-state index in [1.807, 2.05) is 29.6 Å². The first-order chi connectivity index (χ1) is 11.3. The van der Waals surface area contributed by atoms with Gasteiger partial charge in [-0.05, 0) is 40.1 Å². The van der Waals surface area contributed by atoms with E-state index in [-0.39, 0.29) is 5.91 Å². The second-order valence-electron chi connectivity index (χ2n) is 4.86. The van der Waals surface area contributed by atoms with Crippen molar-refractivity contribution >= 4 is 17.2 Å². The summed E-state index contributed by atoms with van der Waals surface area (Å²) >= 11 is 1.63. The van der Waals surface area contributed by atoms with Gasteiger partial charge in [0.15, 0.2) is 0 Å². The number of thiophene rings is 1. The molecule has 0 spiro atoms. The van der Waals surface area contributed by atoms with E-state index in [4.69, 9.17) is 0 Å². The predicted octanol–water partition coefficient (Wildman–Crippen LogP) is 2.55. The van der Waals surface area contributed by atoms with Gasteiger partial charge in [0, 0.05) is 17.0 Å². The van der Waals surface area contributed by atoms with Crippen molar-refractivity contribution in [2.24, 2.45) is 0 Å². The fourth-order valence-electron chi connectivity index (χ4n) is 2.21. The zero-order valence-electron chi connectivity index (χ0n) is 12.4. The number of aromatic nitrogens is 4. The van der Waals surface area contributed by atoms with Gasteiger partial charge >= 0.3 is 0 Å². The molecule has 6 nitrogen and oxygen atoms in total. The Hall–Kier alpha value is -2.80. The molecule has 2 heterocycles. The Kier molecular flexibility index (Phi) is 4.58. The summed E-state index contributed by atoms with van der Waals surface area (Å²) in [7, 11) is 0. The van der Waals surface area contributed by atoms with Crippen LogP contribution in [0.1, 0.15) is 15.2 Å². The lowest BCUT2D eigenvalue weighted by atomic mass is 10.1. The van der Waals surface area contributed by atoms with Crippen LogP contribution in [0.15, 0.2) is 60.8 Å². The van der Waals surface area contributed by atoms with Crippen molar-refractivity contribution in [3.63, 3.8) is 0 Å². The third kappa shape index (κ3) is 3.51. The summed E-state index contributed by atoms with van der Waals surface area (Å²) in [4.78, 5) is 15.7. The van der Waals surface area contributed by atoms with Gasteiger partial charge in [-0.2, -0.15) is 0 Å². The number of amides is 1. The molecule has 1 aromatic carbocycles. The van der Waals surface area contributed by atoms with Crippen molar-refractivity contribution in [2.45, 2.75) is 6.54 Å². The minimum absolute atomic E-state index is 0.0479. The monoisotopic (exact) mass is 325 g/mol. The molecule has 0 aliphatic rings. The molecule has 0 radical (unpaired) electrons. The average Bonchev–Trinajstić information content (AvgIpc) is 3.27. The standard InChI is InChI=1S/C16H15N5OS/c1-2-8-20(11-15-7-4-9-23-15)16(22)13-5-3-6-14(10-13)21-12-17-18-19-21/h2-7,9-10,12H,1,8,11H2. The van der Waals surface area contributed by atoms with Crippen molar-refractivity contribution in [3.8, 4) is 5.69 Å². The normalized spacial score (nSPS) is 10.4. The molecule has 116 valence electrons. The van der Waals surface area contributed by atoms with Gasteiger partial charge in [-0.3, -0.25) is 4.79 Å². The van der Waals surface area contributed by atoms with Crippen LogP contribution in [-0.2, 0) is 6.54 Å². The van der Waals surface area contributed by atoms with Crippen LogP contribution in [0, 0.1) is 0 Å². The average molecular weight is 325 g/mol. The first-order valence-corrected chi connectivity index (χ1v) is 7.92. The molecule has 0 atom stereocenters. The van der Waals surface area contributed by atoms with Crippen molar-refractivity contribution in [3.05, 3.63) is 71.2 Å². The SMILES string of the molecule is C=CCN(Cc1cccs1)C(=O)c1cccc(-n2cnnn2)c1. The number of nitrogens with zero attached hydrogens (tertiary/aromatic N) is 5. The molecule has 3 aromatic rings. The van der Waals surface area contributed by atoms with Gasteiger partial charge in [-0.15, -0.1) is 23.0 Å². The highest BCUT2D eigenvalue weighted by Gasteiger charge is 2.16. The molecule has 0 bridgehead atoms. The van der Waals surface area contributed by atoms with Gasteiger partial charge in [0.1, 0.15) is 6.33 Å². The second kappa shape index (κ2) is 6.97. The molecule has 0 fully saturated rings.